The molecule has 1 fully saturated rings. The largest absolute Gasteiger partial charge is 0.353 e. The molecule has 1 saturated heterocycles. The zero-order chi connectivity index (χ0) is 14.3. The Morgan fingerprint density at radius 3 is 2.32 bits per heavy atom. The molecule has 5 nitrogen and oxygen atoms in total. The van der Waals surface area contributed by atoms with Gasteiger partial charge in [0.05, 0.1) is 6.54 Å². The van der Waals surface area contributed by atoms with Crippen LogP contribution < -0.4 is 11.1 Å². The Bertz CT molecular complexity index is 260. The van der Waals surface area contributed by atoms with Crippen molar-refractivity contribution in [2.75, 3.05) is 39.3 Å². The van der Waals surface area contributed by atoms with E-state index in [2.05, 4.69) is 29.0 Å². The highest BCUT2D eigenvalue weighted by atomic mass is 16.2. The van der Waals surface area contributed by atoms with Gasteiger partial charge in [0.25, 0.3) is 0 Å². The van der Waals surface area contributed by atoms with Gasteiger partial charge in [0.15, 0.2) is 0 Å². The van der Waals surface area contributed by atoms with Crippen molar-refractivity contribution in [3.8, 4) is 0 Å². The lowest BCUT2D eigenvalue weighted by Gasteiger charge is -2.38. The summed E-state index contributed by atoms with van der Waals surface area (Å²) in [6, 6.07) is 0.770. The van der Waals surface area contributed by atoms with Crippen molar-refractivity contribution < 1.29 is 4.79 Å². The first-order valence-electron chi connectivity index (χ1n) is 7.56. The Labute approximate surface area is 117 Å². The monoisotopic (exact) mass is 270 g/mol. The number of nitrogens with one attached hydrogen (secondary N) is 1. The van der Waals surface area contributed by atoms with Crippen LogP contribution in [-0.4, -0.2) is 67.1 Å². The summed E-state index contributed by atoms with van der Waals surface area (Å²) < 4.78 is 0. The van der Waals surface area contributed by atoms with Gasteiger partial charge in [-0.3, -0.25) is 14.6 Å². The Kier molecular flexibility index (Phi) is 7.34. The number of piperazine rings is 1. The van der Waals surface area contributed by atoms with Gasteiger partial charge in [0.2, 0.25) is 5.91 Å². The average Bonchev–Trinajstić information content (AvgIpc) is 2.41. The van der Waals surface area contributed by atoms with Crippen LogP contribution in [0.15, 0.2) is 0 Å². The molecule has 0 aromatic rings. The van der Waals surface area contributed by atoms with Crippen molar-refractivity contribution in [3.63, 3.8) is 0 Å². The smallest absolute Gasteiger partial charge is 0.234 e. The van der Waals surface area contributed by atoms with Gasteiger partial charge in [-0.15, -0.1) is 0 Å². The van der Waals surface area contributed by atoms with Crippen LogP contribution in [0, 0.1) is 0 Å². The highest BCUT2D eigenvalue weighted by molar-refractivity contribution is 5.78. The molecule has 1 aliphatic rings. The second-order valence-electron chi connectivity index (χ2n) is 5.49. The van der Waals surface area contributed by atoms with E-state index in [1.165, 1.54) is 0 Å². The Morgan fingerprint density at radius 2 is 1.84 bits per heavy atom. The molecule has 0 spiro atoms. The zero-order valence-corrected chi connectivity index (χ0v) is 12.7. The van der Waals surface area contributed by atoms with Crippen LogP contribution in [0.4, 0.5) is 0 Å². The third-order valence-electron chi connectivity index (χ3n) is 4.05. The molecule has 112 valence electrons. The van der Waals surface area contributed by atoms with Crippen LogP contribution in [-0.2, 0) is 4.79 Å². The van der Waals surface area contributed by atoms with Crippen molar-refractivity contribution in [1.82, 2.24) is 15.1 Å². The lowest BCUT2D eigenvalue weighted by molar-refractivity contribution is -0.123. The van der Waals surface area contributed by atoms with E-state index in [0.29, 0.717) is 12.6 Å². The van der Waals surface area contributed by atoms with Gasteiger partial charge in [-0.1, -0.05) is 13.8 Å². The maximum absolute atomic E-state index is 11.8. The van der Waals surface area contributed by atoms with Crippen molar-refractivity contribution in [3.05, 3.63) is 0 Å². The lowest BCUT2D eigenvalue weighted by Crippen LogP contribution is -2.54. The molecule has 1 aliphatic heterocycles. The molecule has 0 radical (unpaired) electrons. The molecule has 0 saturated carbocycles. The summed E-state index contributed by atoms with van der Waals surface area (Å²) in [5.74, 6) is 0.147. The SMILES string of the molecule is CCC(C)NC(=O)CN1CCN(C(CC)CN)CC1. The Hall–Kier alpha value is -0.650. The van der Waals surface area contributed by atoms with Gasteiger partial charge in [-0.25, -0.2) is 0 Å². The molecule has 3 N–H and O–H groups in total. The Balaban J connectivity index is 2.28. The number of amides is 1. The molecule has 0 aliphatic carbocycles. The van der Waals surface area contributed by atoms with Gasteiger partial charge in [0, 0.05) is 44.8 Å². The van der Waals surface area contributed by atoms with E-state index in [1.54, 1.807) is 0 Å². The summed E-state index contributed by atoms with van der Waals surface area (Å²) in [7, 11) is 0. The maximum Gasteiger partial charge on any atom is 0.234 e. The minimum Gasteiger partial charge on any atom is -0.353 e. The molecule has 0 aromatic carbocycles. The summed E-state index contributed by atoms with van der Waals surface area (Å²) in [4.78, 5) is 16.5. The van der Waals surface area contributed by atoms with E-state index in [1.807, 2.05) is 6.92 Å². The van der Waals surface area contributed by atoms with Gasteiger partial charge >= 0.3 is 0 Å². The van der Waals surface area contributed by atoms with Crippen LogP contribution >= 0.6 is 0 Å². The molecule has 1 heterocycles. The van der Waals surface area contributed by atoms with E-state index >= 15 is 0 Å². The third-order valence-corrected chi connectivity index (χ3v) is 4.05. The van der Waals surface area contributed by atoms with E-state index in [4.69, 9.17) is 5.73 Å². The number of nitrogens with two attached hydrogens (primary N) is 1. The van der Waals surface area contributed by atoms with E-state index in [0.717, 1.165) is 45.6 Å². The van der Waals surface area contributed by atoms with Crippen LogP contribution in [0.25, 0.3) is 0 Å². The number of carbonyl (C=O) groups excluding carboxylic acids is 1. The van der Waals surface area contributed by atoms with Crippen molar-refractivity contribution in [1.29, 1.82) is 0 Å². The summed E-state index contributed by atoms with van der Waals surface area (Å²) in [5.41, 5.74) is 5.78. The molecular formula is C14H30N4O. The average molecular weight is 270 g/mol. The molecule has 0 bridgehead atoms. The van der Waals surface area contributed by atoms with Crippen LogP contribution in [0.1, 0.15) is 33.6 Å². The van der Waals surface area contributed by atoms with Crippen molar-refractivity contribution in [2.45, 2.75) is 45.7 Å². The molecule has 2 unspecified atom stereocenters. The molecule has 0 aromatic heterocycles. The van der Waals surface area contributed by atoms with Gasteiger partial charge < -0.3 is 11.1 Å². The molecule has 1 amide bonds. The second kappa shape index (κ2) is 8.51. The summed E-state index contributed by atoms with van der Waals surface area (Å²) in [5, 5.41) is 3.02. The molecule has 19 heavy (non-hydrogen) atoms. The standard InChI is InChI=1S/C14H30N4O/c1-4-12(3)16-14(19)11-17-6-8-18(9-7-17)13(5-2)10-15/h12-13H,4-11,15H2,1-3H3,(H,16,19). The van der Waals surface area contributed by atoms with E-state index in [9.17, 15) is 4.79 Å². The highest BCUT2D eigenvalue weighted by Gasteiger charge is 2.23. The number of carbonyl (C=O) groups is 1. The van der Waals surface area contributed by atoms with Crippen LogP contribution in [0.2, 0.25) is 0 Å². The predicted octanol–water partition coefficient (Wildman–Crippen LogP) is 0.256. The number of rotatable bonds is 7. The fourth-order valence-corrected chi connectivity index (χ4v) is 2.49. The van der Waals surface area contributed by atoms with Crippen LogP contribution in [0.5, 0.6) is 0 Å². The number of hydrogen-bond acceptors (Lipinski definition) is 4. The summed E-state index contributed by atoms with van der Waals surface area (Å²) in [6.45, 7) is 11.5. The minimum absolute atomic E-state index is 0.147. The number of hydrogen-bond donors (Lipinski definition) is 2. The predicted molar refractivity (Wildman–Crippen MR) is 79.0 cm³/mol. The van der Waals surface area contributed by atoms with Crippen LogP contribution in [0.3, 0.4) is 0 Å². The normalized spacial score (nSPS) is 21.1. The molecule has 5 heteroatoms. The number of nitrogens with zero attached hydrogens (tertiary/aromatic N) is 2. The fraction of sp³-hybridized carbons (Fsp3) is 0.929. The second-order valence-corrected chi connectivity index (χ2v) is 5.49. The quantitative estimate of drug-likeness (QED) is 0.696. The maximum atomic E-state index is 11.8. The van der Waals surface area contributed by atoms with E-state index < -0.39 is 0 Å². The lowest BCUT2D eigenvalue weighted by atomic mass is 10.1. The highest BCUT2D eigenvalue weighted by Crippen LogP contribution is 2.08. The third kappa shape index (κ3) is 5.47. The van der Waals surface area contributed by atoms with E-state index in [-0.39, 0.29) is 11.9 Å². The van der Waals surface area contributed by atoms with Crippen molar-refractivity contribution >= 4 is 5.91 Å². The first kappa shape index (κ1) is 16.4. The molecule has 1 rings (SSSR count). The fourth-order valence-electron chi connectivity index (χ4n) is 2.49. The molecular weight excluding hydrogens is 240 g/mol. The summed E-state index contributed by atoms with van der Waals surface area (Å²) in [6.07, 6.45) is 2.08. The first-order valence-corrected chi connectivity index (χ1v) is 7.56. The summed E-state index contributed by atoms with van der Waals surface area (Å²) >= 11 is 0. The zero-order valence-electron chi connectivity index (χ0n) is 12.7. The first-order chi connectivity index (χ1) is 9.10. The topological polar surface area (TPSA) is 61.6 Å². The Morgan fingerprint density at radius 1 is 1.21 bits per heavy atom. The van der Waals surface area contributed by atoms with Crippen molar-refractivity contribution in [2.24, 2.45) is 5.73 Å². The van der Waals surface area contributed by atoms with Gasteiger partial charge in [0.1, 0.15) is 0 Å². The molecule has 2 atom stereocenters. The van der Waals surface area contributed by atoms with Gasteiger partial charge in [-0.2, -0.15) is 0 Å². The minimum atomic E-state index is 0.147. The van der Waals surface area contributed by atoms with Gasteiger partial charge in [-0.05, 0) is 19.8 Å².